The van der Waals surface area contributed by atoms with Gasteiger partial charge >= 0.3 is 0 Å². The Balaban J connectivity index is 1.80. The molecule has 0 bridgehead atoms. The Morgan fingerprint density at radius 1 is 1.24 bits per heavy atom. The van der Waals surface area contributed by atoms with Crippen molar-refractivity contribution in [2.45, 2.75) is 0 Å². The summed E-state index contributed by atoms with van der Waals surface area (Å²) in [5, 5.41) is 4.41. The van der Waals surface area contributed by atoms with Crippen molar-refractivity contribution < 1.29 is 9.53 Å². The van der Waals surface area contributed by atoms with Gasteiger partial charge in [-0.15, -0.1) is 0 Å². The van der Waals surface area contributed by atoms with Crippen LogP contribution in [0.15, 0.2) is 53.6 Å². The summed E-state index contributed by atoms with van der Waals surface area (Å²) in [6, 6.07) is 14.7. The molecule has 2 aromatic rings. The van der Waals surface area contributed by atoms with Crippen LogP contribution in [0.3, 0.4) is 0 Å². The zero-order valence-corrected chi connectivity index (χ0v) is 13.8. The maximum Gasteiger partial charge on any atom is 0.277 e. The van der Waals surface area contributed by atoms with Crippen LogP contribution in [0.5, 0.6) is 5.75 Å². The number of ether oxygens (including phenoxy) is 1. The first-order valence-corrected chi connectivity index (χ1v) is 7.55. The van der Waals surface area contributed by atoms with Crippen LogP contribution in [0.25, 0.3) is 0 Å². The minimum atomic E-state index is -0.336. The normalized spacial score (nSPS) is 10.6. The van der Waals surface area contributed by atoms with Crippen molar-refractivity contribution >= 4 is 46.3 Å². The highest BCUT2D eigenvalue weighted by atomic mass is 127. The van der Waals surface area contributed by atoms with Crippen molar-refractivity contribution in [1.82, 2.24) is 5.43 Å². The summed E-state index contributed by atoms with van der Waals surface area (Å²) < 4.78 is 6.44. The first-order valence-electron chi connectivity index (χ1n) is 6.10. The molecule has 21 heavy (non-hydrogen) atoms. The first-order chi connectivity index (χ1) is 10.1. The van der Waals surface area contributed by atoms with Crippen LogP contribution in [-0.2, 0) is 4.79 Å². The zero-order chi connectivity index (χ0) is 15.1. The van der Waals surface area contributed by atoms with Gasteiger partial charge < -0.3 is 4.74 Å². The number of hydrazone groups is 1. The Kier molecular flexibility index (Phi) is 6.01. The third kappa shape index (κ3) is 5.35. The van der Waals surface area contributed by atoms with Crippen LogP contribution in [0.4, 0.5) is 0 Å². The van der Waals surface area contributed by atoms with E-state index in [0.29, 0.717) is 10.8 Å². The Labute approximate surface area is 141 Å². The average molecular weight is 415 g/mol. The van der Waals surface area contributed by atoms with E-state index in [-0.39, 0.29) is 12.5 Å². The number of nitrogens with one attached hydrogen (secondary N) is 1. The number of halogens is 2. The molecular formula is C15H12ClIN2O2. The molecule has 2 aromatic carbocycles. The number of benzene rings is 2. The summed E-state index contributed by atoms with van der Waals surface area (Å²) in [7, 11) is 0. The second-order valence-electron chi connectivity index (χ2n) is 4.06. The highest BCUT2D eigenvalue weighted by molar-refractivity contribution is 14.1. The van der Waals surface area contributed by atoms with E-state index in [2.05, 4.69) is 33.1 Å². The van der Waals surface area contributed by atoms with Crippen molar-refractivity contribution in [3.8, 4) is 5.75 Å². The van der Waals surface area contributed by atoms with Gasteiger partial charge in [-0.1, -0.05) is 29.8 Å². The van der Waals surface area contributed by atoms with Gasteiger partial charge in [0, 0.05) is 14.2 Å². The maximum absolute atomic E-state index is 11.6. The first kappa shape index (κ1) is 15.8. The fraction of sp³-hybridized carbons (Fsp3) is 0.0667. The molecule has 0 radical (unpaired) electrons. The van der Waals surface area contributed by atoms with Gasteiger partial charge in [-0.3, -0.25) is 4.79 Å². The Morgan fingerprint density at radius 3 is 2.67 bits per heavy atom. The lowest BCUT2D eigenvalue weighted by Crippen LogP contribution is -2.24. The molecule has 4 nitrogen and oxygen atoms in total. The van der Waals surface area contributed by atoms with E-state index in [4.69, 9.17) is 16.3 Å². The van der Waals surface area contributed by atoms with Gasteiger partial charge in [0.15, 0.2) is 6.61 Å². The van der Waals surface area contributed by atoms with Crippen LogP contribution in [0.1, 0.15) is 5.56 Å². The fourth-order valence-corrected chi connectivity index (χ4v) is 2.01. The topological polar surface area (TPSA) is 50.7 Å². The van der Waals surface area contributed by atoms with Crippen LogP contribution in [-0.4, -0.2) is 18.7 Å². The number of amides is 1. The molecule has 0 spiro atoms. The molecule has 0 saturated carbocycles. The number of hydrogen-bond acceptors (Lipinski definition) is 3. The van der Waals surface area contributed by atoms with E-state index in [1.54, 1.807) is 12.1 Å². The molecule has 0 heterocycles. The van der Waals surface area contributed by atoms with Crippen molar-refractivity contribution in [3.05, 3.63) is 62.7 Å². The minimum absolute atomic E-state index is 0.0968. The number of carbonyl (C=O) groups excluding carboxylic acids is 1. The molecule has 0 atom stereocenters. The molecule has 1 N–H and O–H groups in total. The van der Waals surface area contributed by atoms with Crippen LogP contribution >= 0.6 is 34.2 Å². The molecule has 1 amide bonds. The van der Waals surface area contributed by atoms with E-state index >= 15 is 0 Å². The van der Waals surface area contributed by atoms with Crippen molar-refractivity contribution in [2.24, 2.45) is 5.10 Å². The van der Waals surface area contributed by atoms with Crippen LogP contribution in [0, 0.1) is 3.57 Å². The van der Waals surface area contributed by atoms with E-state index in [1.807, 2.05) is 36.4 Å². The quantitative estimate of drug-likeness (QED) is 0.463. The van der Waals surface area contributed by atoms with Gasteiger partial charge in [-0.05, 0) is 52.9 Å². The molecule has 0 fully saturated rings. The smallest absolute Gasteiger partial charge is 0.277 e. The van der Waals surface area contributed by atoms with E-state index in [9.17, 15) is 4.79 Å². The molecule has 108 valence electrons. The number of hydrogen-bond donors (Lipinski definition) is 1. The third-order valence-electron chi connectivity index (χ3n) is 2.48. The van der Waals surface area contributed by atoms with Crippen molar-refractivity contribution in [2.75, 3.05) is 6.61 Å². The minimum Gasteiger partial charge on any atom is -0.484 e. The highest BCUT2D eigenvalue weighted by Gasteiger charge is 2.01. The zero-order valence-electron chi connectivity index (χ0n) is 10.9. The lowest BCUT2D eigenvalue weighted by Gasteiger charge is -2.04. The van der Waals surface area contributed by atoms with Gasteiger partial charge in [0.25, 0.3) is 5.91 Å². The Morgan fingerprint density at radius 2 is 1.95 bits per heavy atom. The molecule has 6 heteroatoms. The standard InChI is InChI=1S/C15H12ClIN2O2/c16-14-4-2-1-3-11(14)9-18-19-15(20)10-21-13-7-5-12(17)6-8-13/h1-9H,10H2,(H,19,20). The van der Waals surface area contributed by atoms with E-state index in [0.717, 1.165) is 9.13 Å². The number of rotatable bonds is 5. The summed E-state index contributed by atoms with van der Waals surface area (Å²) >= 11 is 8.16. The van der Waals surface area contributed by atoms with Gasteiger partial charge in [-0.2, -0.15) is 5.10 Å². The van der Waals surface area contributed by atoms with Gasteiger partial charge in [0.1, 0.15) is 5.75 Å². The Hall–Kier alpha value is -1.60. The van der Waals surface area contributed by atoms with Gasteiger partial charge in [0.05, 0.1) is 6.21 Å². The highest BCUT2D eigenvalue weighted by Crippen LogP contribution is 2.13. The second-order valence-corrected chi connectivity index (χ2v) is 5.71. The Bertz CT molecular complexity index is 644. The monoisotopic (exact) mass is 414 g/mol. The molecule has 0 aliphatic carbocycles. The number of carbonyl (C=O) groups is 1. The molecule has 2 rings (SSSR count). The second kappa shape index (κ2) is 7.99. The molecule has 0 aliphatic heterocycles. The lowest BCUT2D eigenvalue weighted by molar-refractivity contribution is -0.123. The predicted molar refractivity (Wildman–Crippen MR) is 91.8 cm³/mol. The summed E-state index contributed by atoms with van der Waals surface area (Å²) in [5.74, 6) is 0.303. The summed E-state index contributed by atoms with van der Waals surface area (Å²) in [6.07, 6.45) is 1.49. The summed E-state index contributed by atoms with van der Waals surface area (Å²) in [4.78, 5) is 11.6. The largest absolute Gasteiger partial charge is 0.484 e. The van der Waals surface area contributed by atoms with Gasteiger partial charge in [-0.25, -0.2) is 5.43 Å². The van der Waals surface area contributed by atoms with Crippen LogP contribution in [0.2, 0.25) is 5.02 Å². The molecule has 0 aromatic heterocycles. The third-order valence-corrected chi connectivity index (χ3v) is 3.55. The fourth-order valence-electron chi connectivity index (χ4n) is 1.47. The van der Waals surface area contributed by atoms with Gasteiger partial charge in [0.2, 0.25) is 0 Å². The maximum atomic E-state index is 11.6. The lowest BCUT2D eigenvalue weighted by atomic mass is 10.2. The van der Waals surface area contributed by atoms with E-state index in [1.165, 1.54) is 6.21 Å². The average Bonchev–Trinajstić information content (AvgIpc) is 2.49. The predicted octanol–water partition coefficient (Wildman–Crippen LogP) is 3.47. The van der Waals surface area contributed by atoms with Crippen molar-refractivity contribution in [3.63, 3.8) is 0 Å². The van der Waals surface area contributed by atoms with E-state index < -0.39 is 0 Å². The molecule has 0 aliphatic rings. The molecule has 0 unspecified atom stereocenters. The van der Waals surface area contributed by atoms with Crippen molar-refractivity contribution in [1.29, 1.82) is 0 Å². The molecular weight excluding hydrogens is 403 g/mol. The molecule has 0 saturated heterocycles. The number of nitrogens with zero attached hydrogens (tertiary/aromatic N) is 1. The van der Waals surface area contributed by atoms with Crippen LogP contribution < -0.4 is 10.2 Å². The SMILES string of the molecule is O=C(COc1ccc(I)cc1)NN=Cc1ccccc1Cl. The summed E-state index contributed by atoms with van der Waals surface area (Å²) in [6.45, 7) is -0.0968. The summed E-state index contributed by atoms with van der Waals surface area (Å²) in [5.41, 5.74) is 3.12.